The van der Waals surface area contributed by atoms with E-state index in [2.05, 4.69) is 4.98 Å². The maximum absolute atomic E-state index is 11.3. The lowest BCUT2D eigenvalue weighted by atomic mass is 10.2. The number of carboxylic acids is 1. The Kier molecular flexibility index (Phi) is 4.31. The van der Waals surface area contributed by atoms with E-state index in [0.717, 1.165) is 10.8 Å². The Morgan fingerprint density at radius 1 is 1.33 bits per heavy atom. The van der Waals surface area contributed by atoms with Crippen molar-refractivity contribution in [2.45, 2.75) is 18.1 Å². The third kappa shape index (κ3) is 3.60. The van der Waals surface area contributed by atoms with Crippen LogP contribution in [0.25, 0.3) is 0 Å². The van der Waals surface area contributed by atoms with Crippen molar-refractivity contribution in [3.05, 3.63) is 46.7 Å². The molecule has 7 nitrogen and oxygen atoms in total. The molecule has 0 saturated heterocycles. The van der Waals surface area contributed by atoms with Gasteiger partial charge in [0, 0.05) is 5.02 Å². The Bertz CT molecular complexity index is 785. The van der Waals surface area contributed by atoms with E-state index < -0.39 is 27.7 Å². The molecule has 0 aliphatic heterocycles. The smallest absolute Gasteiger partial charge is 0.328 e. The lowest BCUT2D eigenvalue weighted by Gasteiger charge is -2.11. The van der Waals surface area contributed by atoms with Gasteiger partial charge >= 0.3 is 16.1 Å². The number of aromatic nitrogens is 2. The molecule has 0 amide bonds. The molecule has 2 rings (SSSR count). The van der Waals surface area contributed by atoms with E-state index >= 15 is 0 Å². The van der Waals surface area contributed by atoms with Gasteiger partial charge in [-0.2, -0.15) is 8.42 Å². The number of hydrogen-bond acceptors (Lipinski definition) is 4. The number of carboxylic acid groups (broad SMARTS) is 1. The minimum absolute atomic E-state index is 0.0165. The van der Waals surface area contributed by atoms with Crippen molar-refractivity contribution in [1.29, 1.82) is 0 Å². The van der Waals surface area contributed by atoms with Gasteiger partial charge in [-0.05, 0) is 11.6 Å². The number of carbonyl (C=O) groups is 1. The number of rotatable bonds is 5. The third-order valence-corrected chi connectivity index (χ3v) is 3.91. The SMILES string of the molecule is O=C(O)Cc1cnc(S(=O)(=O)O)n1Cc1ccccc1Cl. The largest absolute Gasteiger partial charge is 0.481 e. The Morgan fingerprint density at radius 3 is 2.57 bits per heavy atom. The molecule has 2 N–H and O–H groups in total. The van der Waals surface area contributed by atoms with Gasteiger partial charge in [-0.25, -0.2) is 4.98 Å². The number of imidazole rings is 1. The van der Waals surface area contributed by atoms with Gasteiger partial charge in [0.05, 0.1) is 24.9 Å². The van der Waals surface area contributed by atoms with Crippen LogP contribution in [0.5, 0.6) is 0 Å². The molecule has 21 heavy (non-hydrogen) atoms. The summed E-state index contributed by atoms with van der Waals surface area (Å²) in [5.74, 6) is -1.14. The molecule has 0 fully saturated rings. The minimum Gasteiger partial charge on any atom is -0.481 e. The summed E-state index contributed by atoms with van der Waals surface area (Å²) < 4.78 is 32.9. The predicted molar refractivity (Wildman–Crippen MR) is 73.9 cm³/mol. The normalized spacial score (nSPS) is 11.5. The molecule has 9 heteroatoms. The molecule has 0 aliphatic rings. The lowest BCUT2D eigenvalue weighted by Crippen LogP contribution is -2.15. The molecule has 0 bridgehead atoms. The number of aliphatic carboxylic acids is 1. The summed E-state index contributed by atoms with van der Waals surface area (Å²) in [5, 5.41) is 8.63. The van der Waals surface area contributed by atoms with Crippen molar-refractivity contribution in [3.8, 4) is 0 Å². The summed E-state index contributed by atoms with van der Waals surface area (Å²) >= 11 is 6.00. The average molecular weight is 331 g/mol. The molecule has 0 spiro atoms. The second-order valence-electron chi connectivity index (χ2n) is 4.26. The molecule has 0 saturated carbocycles. The second kappa shape index (κ2) is 5.84. The molecule has 1 aromatic heterocycles. The van der Waals surface area contributed by atoms with Gasteiger partial charge in [0.15, 0.2) is 0 Å². The standard InChI is InChI=1S/C12H11ClN2O5S/c13-10-4-2-1-3-8(10)7-15-9(5-11(16)17)6-14-12(15)21(18,19)20/h1-4,6H,5,7H2,(H,16,17)(H,18,19,20). The van der Waals surface area contributed by atoms with E-state index in [9.17, 15) is 17.8 Å². The van der Waals surface area contributed by atoms with Crippen LogP contribution in [0.2, 0.25) is 5.02 Å². The second-order valence-corrected chi connectivity index (χ2v) is 5.98. The van der Waals surface area contributed by atoms with E-state index in [-0.39, 0.29) is 12.2 Å². The van der Waals surface area contributed by atoms with Crippen molar-refractivity contribution >= 4 is 27.7 Å². The summed E-state index contributed by atoms with van der Waals surface area (Å²) in [5.41, 5.74) is 0.726. The van der Waals surface area contributed by atoms with Crippen LogP contribution >= 0.6 is 11.6 Å². The highest BCUT2D eigenvalue weighted by molar-refractivity contribution is 7.85. The fourth-order valence-electron chi connectivity index (χ4n) is 1.86. The third-order valence-electron chi connectivity index (χ3n) is 2.75. The van der Waals surface area contributed by atoms with Crippen molar-refractivity contribution in [2.24, 2.45) is 0 Å². The van der Waals surface area contributed by atoms with Crippen LogP contribution in [0.15, 0.2) is 35.6 Å². The van der Waals surface area contributed by atoms with E-state index in [1.165, 1.54) is 0 Å². The van der Waals surface area contributed by atoms with Crippen LogP contribution in [0.3, 0.4) is 0 Å². The minimum atomic E-state index is -4.57. The Morgan fingerprint density at radius 2 is 2.00 bits per heavy atom. The van der Waals surface area contributed by atoms with Gasteiger partial charge < -0.3 is 9.67 Å². The molecule has 0 unspecified atom stereocenters. The zero-order valence-corrected chi connectivity index (χ0v) is 12.2. The first-order chi connectivity index (χ1) is 9.79. The molecule has 2 aromatic rings. The number of benzene rings is 1. The number of halogens is 1. The Hall–Kier alpha value is -1.90. The molecular formula is C12H11ClN2O5S. The maximum atomic E-state index is 11.3. The van der Waals surface area contributed by atoms with Crippen LogP contribution in [-0.4, -0.2) is 33.6 Å². The zero-order valence-electron chi connectivity index (χ0n) is 10.6. The number of hydrogen-bond donors (Lipinski definition) is 2. The highest BCUT2D eigenvalue weighted by Gasteiger charge is 2.22. The first kappa shape index (κ1) is 15.5. The number of nitrogens with zero attached hydrogens (tertiary/aromatic N) is 2. The average Bonchev–Trinajstić information content (AvgIpc) is 2.74. The van der Waals surface area contributed by atoms with Crippen molar-refractivity contribution in [3.63, 3.8) is 0 Å². The fourth-order valence-corrected chi connectivity index (χ4v) is 2.70. The molecule has 1 heterocycles. The monoisotopic (exact) mass is 330 g/mol. The highest BCUT2D eigenvalue weighted by Crippen LogP contribution is 2.20. The van der Waals surface area contributed by atoms with Gasteiger partial charge in [0.1, 0.15) is 0 Å². The van der Waals surface area contributed by atoms with Crippen molar-refractivity contribution < 1.29 is 22.9 Å². The Balaban J connectivity index is 2.51. The van der Waals surface area contributed by atoms with Crippen LogP contribution in [0.1, 0.15) is 11.3 Å². The van der Waals surface area contributed by atoms with Gasteiger partial charge in [-0.1, -0.05) is 29.8 Å². The zero-order chi connectivity index (χ0) is 15.6. The van der Waals surface area contributed by atoms with Crippen molar-refractivity contribution in [1.82, 2.24) is 9.55 Å². The predicted octanol–water partition coefficient (Wildman–Crippen LogP) is 1.46. The lowest BCUT2D eigenvalue weighted by molar-refractivity contribution is -0.136. The summed E-state index contributed by atoms with van der Waals surface area (Å²) in [6, 6.07) is 6.71. The van der Waals surface area contributed by atoms with E-state index in [1.54, 1.807) is 24.3 Å². The quantitative estimate of drug-likeness (QED) is 0.803. The maximum Gasteiger partial charge on any atom is 0.328 e. The highest BCUT2D eigenvalue weighted by atomic mass is 35.5. The molecule has 0 atom stereocenters. The van der Waals surface area contributed by atoms with Crippen LogP contribution < -0.4 is 0 Å². The van der Waals surface area contributed by atoms with E-state index in [0.29, 0.717) is 10.6 Å². The summed E-state index contributed by atoms with van der Waals surface area (Å²) in [7, 11) is -4.57. The van der Waals surface area contributed by atoms with Gasteiger partial charge in [-0.15, -0.1) is 0 Å². The summed E-state index contributed by atoms with van der Waals surface area (Å²) in [4.78, 5) is 14.4. The molecular weight excluding hydrogens is 320 g/mol. The van der Waals surface area contributed by atoms with E-state index in [4.69, 9.17) is 16.7 Å². The summed E-state index contributed by atoms with van der Waals surface area (Å²) in [6.45, 7) is -0.0165. The van der Waals surface area contributed by atoms with Crippen LogP contribution in [0.4, 0.5) is 0 Å². The molecule has 1 aromatic carbocycles. The van der Waals surface area contributed by atoms with Gasteiger partial charge in [0.25, 0.3) is 5.16 Å². The topological polar surface area (TPSA) is 109 Å². The molecule has 0 radical (unpaired) electrons. The molecule has 0 aliphatic carbocycles. The summed E-state index contributed by atoms with van der Waals surface area (Å²) in [6.07, 6.45) is 0.682. The Labute approximate surface area is 125 Å². The van der Waals surface area contributed by atoms with Crippen molar-refractivity contribution in [2.75, 3.05) is 0 Å². The first-order valence-corrected chi connectivity index (χ1v) is 7.58. The van der Waals surface area contributed by atoms with Gasteiger partial charge in [0.2, 0.25) is 0 Å². The molecule has 112 valence electrons. The first-order valence-electron chi connectivity index (χ1n) is 5.76. The van der Waals surface area contributed by atoms with Crippen LogP contribution in [0, 0.1) is 0 Å². The van der Waals surface area contributed by atoms with Crippen LogP contribution in [-0.2, 0) is 27.9 Å². The fraction of sp³-hybridized carbons (Fsp3) is 0.167. The van der Waals surface area contributed by atoms with Gasteiger partial charge in [-0.3, -0.25) is 9.35 Å². The van der Waals surface area contributed by atoms with E-state index in [1.807, 2.05) is 0 Å².